The van der Waals surface area contributed by atoms with Crippen molar-refractivity contribution < 1.29 is 23.7 Å². The van der Waals surface area contributed by atoms with Gasteiger partial charge >= 0.3 is 0 Å². The summed E-state index contributed by atoms with van der Waals surface area (Å²) in [5.41, 5.74) is 4.34. The first-order chi connectivity index (χ1) is 14.4. The number of aromatic nitrogens is 4. The third kappa shape index (κ3) is 3.62. The van der Waals surface area contributed by atoms with E-state index < -0.39 is 24.1 Å². The molecule has 4 atom stereocenters. The Hall–Kier alpha value is -3.02. The van der Waals surface area contributed by atoms with E-state index in [2.05, 4.69) is 20.3 Å². The van der Waals surface area contributed by atoms with Crippen LogP contribution in [0.3, 0.4) is 0 Å². The number of alkyl halides is 1. The van der Waals surface area contributed by atoms with E-state index in [4.69, 9.17) is 19.9 Å². The topological polar surface area (TPSA) is 130 Å². The second kappa shape index (κ2) is 8.01. The molecular formula is C19H23FN6O4. The molecule has 1 aliphatic heterocycles. The molecule has 11 heteroatoms. The Morgan fingerprint density at radius 2 is 2.10 bits per heavy atom. The van der Waals surface area contributed by atoms with Gasteiger partial charge in [0.05, 0.1) is 12.9 Å². The smallest absolute Gasteiger partial charge is 0.224 e. The van der Waals surface area contributed by atoms with E-state index >= 15 is 4.39 Å². The molecular weight excluding hydrogens is 395 g/mol. The quantitative estimate of drug-likeness (QED) is 0.386. The number of ether oxygens (including phenoxy) is 3. The van der Waals surface area contributed by atoms with Crippen LogP contribution >= 0.6 is 0 Å². The van der Waals surface area contributed by atoms with E-state index in [0.717, 1.165) is 0 Å². The molecule has 1 saturated heterocycles. The minimum atomic E-state index is -2.12. The summed E-state index contributed by atoms with van der Waals surface area (Å²) >= 11 is 0. The van der Waals surface area contributed by atoms with Crippen LogP contribution in [-0.2, 0) is 9.47 Å². The SMILES string of the molecule is CNc1nc(N)nc2c1ncn2[C@@H]1O[C@H](COCOc2ccccc2)[C@@H](O)[C@@]1(C)F. The van der Waals surface area contributed by atoms with Crippen LogP contribution in [0.2, 0.25) is 0 Å². The molecule has 1 aromatic carbocycles. The minimum Gasteiger partial charge on any atom is -0.468 e. The first-order valence-electron chi connectivity index (χ1n) is 9.37. The number of fused-ring (bicyclic) bond motifs is 1. The molecule has 1 fully saturated rings. The Labute approximate surface area is 171 Å². The van der Waals surface area contributed by atoms with Crippen LogP contribution in [0, 0.1) is 0 Å². The fraction of sp³-hybridized carbons (Fsp3) is 0.421. The summed E-state index contributed by atoms with van der Waals surface area (Å²) in [4.78, 5) is 12.5. The highest BCUT2D eigenvalue weighted by molar-refractivity contribution is 5.84. The van der Waals surface area contributed by atoms with Crippen molar-refractivity contribution in [3.8, 4) is 5.75 Å². The lowest BCUT2D eigenvalue weighted by Gasteiger charge is -2.24. The summed E-state index contributed by atoms with van der Waals surface area (Å²) in [6.07, 6.45) is -2.14. The summed E-state index contributed by atoms with van der Waals surface area (Å²) in [7, 11) is 1.67. The maximum absolute atomic E-state index is 15.5. The van der Waals surface area contributed by atoms with Gasteiger partial charge in [-0.05, 0) is 19.1 Å². The number of nitrogens with two attached hydrogens (primary N) is 1. The molecule has 0 amide bonds. The van der Waals surface area contributed by atoms with Gasteiger partial charge in [-0.1, -0.05) is 18.2 Å². The van der Waals surface area contributed by atoms with E-state index in [0.29, 0.717) is 22.7 Å². The largest absolute Gasteiger partial charge is 0.468 e. The number of nitrogens with one attached hydrogen (secondary N) is 1. The van der Waals surface area contributed by atoms with Crippen molar-refractivity contribution in [3.63, 3.8) is 0 Å². The first-order valence-corrected chi connectivity index (χ1v) is 9.37. The summed E-state index contributed by atoms with van der Waals surface area (Å²) in [6.45, 7) is 1.14. The lowest BCUT2D eigenvalue weighted by atomic mass is 9.98. The number of rotatable bonds is 7. The molecule has 10 nitrogen and oxygen atoms in total. The standard InChI is InChI=1S/C19H23FN6O4/c1-19(20)14(27)12(8-28-10-29-11-6-4-3-5-7-11)30-17(19)26-9-23-13-15(22-2)24-18(21)25-16(13)26/h3-7,9,12,14,17,27H,8,10H2,1-2H3,(H3,21,22,24,25)/t12-,14-,17-,19-/m1/s1. The molecule has 0 bridgehead atoms. The number of benzene rings is 1. The molecule has 3 heterocycles. The zero-order valence-electron chi connectivity index (χ0n) is 16.5. The number of imidazole rings is 1. The predicted molar refractivity (Wildman–Crippen MR) is 107 cm³/mol. The van der Waals surface area contributed by atoms with Crippen LogP contribution in [0.1, 0.15) is 13.2 Å². The third-order valence-electron chi connectivity index (χ3n) is 4.98. The molecule has 160 valence electrons. The summed E-state index contributed by atoms with van der Waals surface area (Å²) in [5.74, 6) is 1.06. The van der Waals surface area contributed by atoms with Crippen LogP contribution < -0.4 is 15.8 Å². The second-order valence-electron chi connectivity index (χ2n) is 7.07. The van der Waals surface area contributed by atoms with Gasteiger partial charge in [-0.25, -0.2) is 9.37 Å². The molecule has 0 saturated carbocycles. The Balaban J connectivity index is 1.48. The Morgan fingerprint density at radius 1 is 1.33 bits per heavy atom. The van der Waals surface area contributed by atoms with Crippen LogP contribution in [0.4, 0.5) is 16.2 Å². The highest BCUT2D eigenvalue weighted by Gasteiger charge is 2.55. The van der Waals surface area contributed by atoms with Crippen molar-refractivity contribution >= 4 is 22.9 Å². The van der Waals surface area contributed by atoms with Crippen LogP contribution in [-0.4, -0.2) is 62.9 Å². The van der Waals surface area contributed by atoms with Crippen molar-refractivity contribution in [3.05, 3.63) is 36.7 Å². The van der Waals surface area contributed by atoms with Crippen LogP contribution in [0.5, 0.6) is 5.75 Å². The molecule has 0 unspecified atom stereocenters. The molecule has 4 N–H and O–H groups in total. The van der Waals surface area contributed by atoms with Crippen LogP contribution in [0.15, 0.2) is 36.7 Å². The lowest BCUT2D eigenvalue weighted by molar-refractivity contribution is -0.0877. The van der Waals surface area contributed by atoms with Gasteiger partial charge in [-0.3, -0.25) is 4.57 Å². The Bertz CT molecular complexity index is 1010. The van der Waals surface area contributed by atoms with E-state index in [1.807, 2.05) is 18.2 Å². The van der Waals surface area contributed by atoms with Gasteiger partial charge in [0, 0.05) is 7.05 Å². The van der Waals surface area contributed by atoms with E-state index in [-0.39, 0.29) is 19.3 Å². The third-order valence-corrected chi connectivity index (χ3v) is 4.98. The molecule has 4 rings (SSSR count). The fourth-order valence-corrected chi connectivity index (χ4v) is 3.42. The van der Waals surface area contributed by atoms with Gasteiger partial charge in [-0.2, -0.15) is 9.97 Å². The predicted octanol–water partition coefficient (Wildman–Crippen LogP) is 1.49. The van der Waals surface area contributed by atoms with Crippen molar-refractivity contribution in [1.29, 1.82) is 0 Å². The number of aliphatic hydroxyl groups is 1. The zero-order valence-corrected chi connectivity index (χ0v) is 16.5. The lowest BCUT2D eigenvalue weighted by Crippen LogP contribution is -2.40. The number of nitrogens with zero attached hydrogens (tertiary/aromatic N) is 4. The van der Waals surface area contributed by atoms with Crippen molar-refractivity contribution in [2.45, 2.75) is 31.0 Å². The van der Waals surface area contributed by atoms with E-state index in [1.54, 1.807) is 19.2 Å². The highest BCUT2D eigenvalue weighted by atomic mass is 19.1. The average molecular weight is 418 g/mol. The van der Waals surface area contributed by atoms with Crippen molar-refractivity contribution in [2.75, 3.05) is 31.5 Å². The zero-order chi connectivity index (χ0) is 21.3. The maximum atomic E-state index is 15.5. The molecule has 1 aliphatic rings. The summed E-state index contributed by atoms with van der Waals surface area (Å²) < 4.78 is 33.6. The number of para-hydroxylation sites is 1. The maximum Gasteiger partial charge on any atom is 0.224 e. The summed E-state index contributed by atoms with van der Waals surface area (Å²) in [5, 5.41) is 13.4. The Kier molecular flexibility index (Phi) is 5.41. The minimum absolute atomic E-state index is 0.00523. The number of aliphatic hydroxyl groups excluding tert-OH is 1. The van der Waals surface area contributed by atoms with Gasteiger partial charge in [0.2, 0.25) is 5.95 Å². The highest BCUT2D eigenvalue weighted by Crippen LogP contribution is 2.42. The molecule has 0 aliphatic carbocycles. The fourth-order valence-electron chi connectivity index (χ4n) is 3.42. The van der Waals surface area contributed by atoms with Gasteiger partial charge in [-0.15, -0.1) is 0 Å². The van der Waals surface area contributed by atoms with Gasteiger partial charge in [0.25, 0.3) is 0 Å². The first kappa shape index (κ1) is 20.3. The molecule has 0 spiro atoms. The van der Waals surface area contributed by atoms with Gasteiger partial charge in [0.15, 0.2) is 35.7 Å². The van der Waals surface area contributed by atoms with Crippen LogP contribution in [0.25, 0.3) is 11.2 Å². The molecule has 0 radical (unpaired) electrons. The number of hydrogen-bond donors (Lipinski definition) is 3. The monoisotopic (exact) mass is 418 g/mol. The number of anilines is 2. The second-order valence-corrected chi connectivity index (χ2v) is 7.07. The van der Waals surface area contributed by atoms with Crippen molar-refractivity contribution in [1.82, 2.24) is 19.5 Å². The summed E-state index contributed by atoms with van der Waals surface area (Å²) in [6, 6.07) is 9.12. The molecule has 30 heavy (non-hydrogen) atoms. The molecule has 3 aromatic rings. The number of nitrogen functional groups attached to an aromatic ring is 1. The Morgan fingerprint density at radius 3 is 2.83 bits per heavy atom. The average Bonchev–Trinajstić information content (AvgIpc) is 3.24. The van der Waals surface area contributed by atoms with Crippen molar-refractivity contribution in [2.24, 2.45) is 0 Å². The van der Waals surface area contributed by atoms with E-state index in [9.17, 15) is 5.11 Å². The van der Waals surface area contributed by atoms with E-state index in [1.165, 1.54) is 17.8 Å². The normalized spacial score (nSPS) is 26.2. The number of halogens is 1. The molecule has 2 aromatic heterocycles. The van der Waals surface area contributed by atoms with Gasteiger partial charge < -0.3 is 30.4 Å². The number of hydrogen-bond acceptors (Lipinski definition) is 9. The van der Waals surface area contributed by atoms with Gasteiger partial charge in [0.1, 0.15) is 18.0 Å².